The van der Waals surface area contributed by atoms with E-state index in [2.05, 4.69) is 21.2 Å². The van der Waals surface area contributed by atoms with Gasteiger partial charge in [-0.1, -0.05) is 39.7 Å². The summed E-state index contributed by atoms with van der Waals surface area (Å²) in [6, 6.07) is 9.44. The second kappa shape index (κ2) is 6.24. The number of rotatable bonds is 3. The van der Waals surface area contributed by atoms with Gasteiger partial charge >= 0.3 is 0 Å². The zero-order chi connectivity index (χ0) is 14.7. The van der Waals surface area contributed by atoms with Gasteiger partial charge in [-0.05, 0) is 24.3 Å². The van der Waals surface area contributed by atoms with Crippen LogP contribution in [0.25, 0.3) is 0 Å². The van der Waals surface area contributed by atoms with Crippen molar-refractivity contribution < 1.29 is 9.18 Å². The van der Waals surface area contributed by atoms with E-state index in [9.17, 15) is 9.18 Å². The molecule has 0 radical (unpaired) electrons. The lowest BCUT2D eigenvalue weighted by atomic mass is 10.1. The maximum atomic E-state index is 13.6. The Balaban J connectivity index is 2.11. The van der Waals surface area contributed by atoms with E-state index in [1.165, 1.54) is 6.07 Å². The first-order valence-corrected chi connectivity index (χ1v) is 6.92. The van der Waals surface area contributed by atoms with Gasteiger partial charge in [-0.2, -0.15) is 0 Å². The number of para-hydroxylation sites is 1. The molecule has 0 saturated heterocycles. The van der Waals surface area contributed by atoms with Gasteiger partial charge < -0.3 is 11.1 Å². The Bertz CT molecular complexity index is 664. The molecule has 0 spiro atoms. The number of hydrogen-bond donors (Lipinski definition) is 2. The zero-order valence-electron chi connectivity index (χ0n) is 10.3. The largest absolute Gasteiger partial charge is 0.397 e. The number of carbonyl (C=O) groups is 1. The van der Waals surface area contributed by atoms with Crippen molar-refractivity contribution in [3.05, 3.63) is 62.8 Å². The molecule has 6 heteroatoms. The number of halogens is 3. The van der Waals surface area contributed by atoms with Gasteiger partial charge in [0, 0.05) is 16.6 Å². The molecule has 0 aliphatic rings. The fourth-order valence-corrected chi connectivity index (χ4v) is 2.18. The first-order chi connectivity index (χ1) is 9.49. The van der Waals surface area contributed by atoms with E-state index in [1.54, 1.807) is 30.3 Å². The van der Waals surface area contributed by atoms with Crippen molar-refractivity contribution in [1.29, 1.82) is 0 Å². The number of carbonyl (C=O) groups excluding carboxylic acids is 1. The molecule has 3 N–H and O–H groups in total. The highest BCUT2D eigenvalue weighted by atomic mass is 79.9. The highest BCUT2D eigenvalue weighted by Crippen LogP contribution is 2.22. The van der Waals surface area contributed by atoms with Crippen LogP contribution in [0, 0.1) is 5.82 Å². The van der Waals surface area contributed by atoms with Gasteiger partial charge in [0.25, 0.3) is 5.91 Å². The van der Waals surface area contributed by atoms with Crippen molar-refractivity contribution in [2.24, 2.45) is 0 Å². The maximum Gasteiger partial charge on any atom is 0.253 e. The minimum absolute atomic E-state index is 0.0733. The molecule has 0 aromatic heterocycles. The van der Waals surface area contributed by atoms with Crippen molar-refractivity contribution in [1.82, 2.24) is 5.32 Å². The number of nitrogens with one attached hydrogen (secondary N) is 1. The minimum Gasteiger partial charge on any atom is -0.397 e. The summed E-state index contributed by atoms with van der Waals surface area (Å²) in [5.41, 5.74) is 6.60. The number of amides is 1. The van der Waals surface area contributed by atoms with Gasteiger partial charge in [0.05, 0.1) is 16.3 Å². The maximum absolute atomic E-state index is 13.6. The standard InChI is InChI=1S/C14H11BrClFN2O/c15-9-5-4-8(12(17)6-9)7-19-14(20)10-2-1-3-11(16)13(10)18/h1-6H,7,18H2,(H,19,20). The summed E-state index contributed by atoms with van der Waals surface area (Å²) >= 11 is 9.02. The first kappa shape index (κ1) is 14.8. The Labute approximate surface area is 129 Å². The molecule has 0 unspecified atom stereocenters. The molecule has 0 aliphatic carbocycles. The monoisotopic (exact) mass is 356 g/mol. The molecular formula is C14H11BrClFN2O. The second-order valence-corrected chi connectivity index (χ2v) is 5.44. The number of benzene rings is 2. The molecule has 0 heterocycles. The molecular weight excluding hydrogens is 347 g/mol. The molecule has 0 fully saturated rings. The second-order valence-electron chi connectivity index (χ2n) is 4.12. The topological polar surface area (TPSA) is 55.1 Å². The third-order valence-electron chi connectivity index (χ3n) is 2.75. The summed E-state index contributed by atoms with van der Waals surface area (Å²) in [5.74, 6) is -0.786. The third kappa shape index (κ3) is 3.29. The van der Waals surface area contributed by atoms with E-state index in [0.29, 0.717) is 15.1 Å². The highest BCUT2D eigenvalue weighted by molar-refractivity contribution is 9.10. The fourth-order valence-electron chi connectivity index (χ4n) is 1.67. The molecule has 0 bridgehead atoms. The predicted molar refractivity (Wildman–Crippen MR) is 81.1 cm³/mol. The van der Waals surface area contributed by atoms with Crippen molar-refractivity contribution >= 4 is 39.1 Å². The molecule has 2 aromatic rings. The molecule has 104 valence electrons. The Morgan fingerprint density at radius 2 is 2.10 bits per heavy atom. The van der Waals surface area contributed by atoms with Crippen LogP contribution in [0.15, 0.2) is 40.9 Å². The molecule has 0 aliphatic heterocycles. The van der Waals surface area contributed by atoms with E-state index in [-0.39, 0.29) is 17.8 Å². The molecule has 2 aromatic carbocycles. The van der Waals surface area contributed by atoms with Crippen LogP contribution >= 0.6 is 27.5 Å². The number of nitrogens with two attached hydrogens (primary N) is 1. The van der Waals surface area contributed by atoms with E-state index in [4.69, 9.17) is 17.3 Å². The van der Waals surface area contributed by atoms with Gasteiger partial charge in [-0.25, -0.2) is 4.39 Å². The number of nitrogen functional groups attached to an aromatic ring is 1. The summed E-state index contributed by atoms with van der Waals surface area (Å²) in [4.78, 5) is 12.0. The summed E-state index contributed by atoms with van der Waals surface area (Å²) in [5, 5.41) is 2.92. The minimum atomic E-state index is -0.396. The van der Waals surface area contributed by atoms with Gasteiger partial charge in [0.1, 0.15) is 5.82 Å². The van der Waals surface area contributed by atoms with Gasteiger partial charge in [0.15, 0.2) is 0 Å². The van der Waals surface area contributed by atoms with Crippen LogP contribution < -0.4 is 11.1 Å². The molecule has 0 atom stereocenters. The van der Waals surface area contributed by atoms with E-state index in [1.807, 2.05) is 0 Å². The van der Waals surface area contributed by atoms with Crippen LogP contribution in [-0.2, 0) is 6.54 Å². The lowest BCUT2D eigenvalue weighted by Crippen LogP contribution is -2.24. The van der Waals surface area contributed by atoms with Crippen LogP contribution in [0.1, 0.15) is 15.9 Å². The average molecular weight is 358 g/mol. The lowest BCUT2D eigenvalue weighted by Gasteiger charge is -2.09. The van der Waals surface area contributed by atoms with Crippen LogP contribution in [0.4, 0.5) is 10.1 Å². The summed E-state index contributed by atoms with van der Waals surface area (Å²) in [6.45, 7) is 0.0733. The van der Waals surface area contributed by atoms with Crippen molar-refractivity contribution in [3.63, 3.8) is 0 Å². The smallest absolute Gasteiger partial charge is 0.253 e. The average Bonchev–Trinajstić information content (AvgIpc) is 2.40. The Morgan fingerprint density at radius 1 is 1.35 bits per heavy atom. The number of anilines is 1. The molecule has 3 nitrogen and oxygen atoms in total. The third-order valence-corrected chi connectivity index (χ3v) is 3.57. The van der Waals surface area contributed by atoms with Gasteiger partial charge in [-0.15, -0.1) is 0 Å². The van der Waals surface area contributed by atoms with Crippen molar-refractivity contribution in [2.45, 2.75) is 6.54 Å². The molecule has 1 amide bonds. The van der Waals surface area contributed by atoms with Crippen LogP contribution in [0.5, 0.6) is 0 Å². The van der Waals surface area contributed by atoms with Crippen LogP contribution in [0.3, 0.4) is 0 Å². The number of hydrogen-bond acceptors (Lipinski definition) is 2. The van der Waals surface area contributed by atoms with E-state index < -0.39 is 11.7 Å². The normalized spacial score (nSPS) is 10.3. The summed E-state index contributed by atoms with van der Waals surface area (Å²) in [7, 11) is 0. The molecule has 2 rings (SSSR count). The SMILES string of the molecule is Nc1c(Cl)cccc1C(=O)NCc1ccc(Br)cc1F. The van der Waals surface area contributed by atoms with Crippen LogP contribution in [0.2, 0.25) is 5.02 Å². The highest BCUT2D eigenvalue weighted by Gasteiger charge is 2.12. The van der Waals surface area contributed by atoms with Gasteiger partial charge in [-0.3, -0.25) is 4.79 Å². The summed E-state index contributed by atoms with van der Waals surface area (Å²) in [6.07, 6.45) is 0. The Morgan fingerprint density at radius 3 is 2.80 bits per heavy atom. The fraction of sp³-hybridized carbons (Fsp3) is 0.0714. The zero-order valence-corrected chi connectivity index (χ0v) is 12.6. The first-order valence-electron chi connectivity index (χ1n) is 5.75. The predicted octanol–water partition coefficient (Wildman–Crippen LogP) is 3.75. The quantitative estimate of drug-likeness (QED) is 0.822. The molecule has 20 heavy (non-hydrogen) atoms. The van der Waals surface area contributed by atoms with Crippen LogP contribution in [-0.4, -0.2) is 5.91 Å². The lowest BCUT2D eigenvalue weighted by molar-refractivity contribution is 0.0951. The Hall–Kier alpha value is -1.59. The Kier molecular flexibility index (Phi) is 4.62. The van der Waals surface area contributed by atoms with E-state index in [0.717, 1.165) is 0 Å². The molecule has 0 saturated carbocycles. The van der Waals surface area contributed by atoms with Crippen molar-refractivity contribution in [3.8, 4) is 0 Å². The summed E-state index contributed by atoms with van der Waals surface area (Å²) < 4.78 is 14.3. The van der Waals surface area contributed by atoms with Gasteiger partial charge in [0.2, 0.25) is 0 Å². The van der Waals surface area contributed by atoms with Crippen molar-refractivity contribution in [2.75, 3.05) is 5.73 Å². The van der Waals surface area contributed by atoms with E-state index >= 15 is 0 Å².